The van der Waals surface area contributed by atoms with E-state index in [0.717, 1.165) is 32.7 Å². The van der Waals surface area contributed by atoms with Gasteiger partial charge in [0, 0.05) is 51.0 Å². The smallest absolute Gasteiger partial charge is 0.282 e. The number of para-hydroxylation sites is 1. The van der Waals surface area contributed by atoms with Crippen LogP contribution in [-0.2, 0) is 0 Å². The zero-order chi connectivity index (χ0) is 19.2. The molecule has 1 fully saturated rings. The Morgan fingerprint density at radius 2 is 1.85 bits per heavy atom. The van der Waals surface area contributed by atoms with Gasteiger partial charge in [-0.05, 0) is 30.7 Å². The number of amides is 1. The van der Waals surface area contributed by atoms with Crippen molar-refractivity contribution in [3.63, 3.8) is 0 Å². The topological polar surface area (TPSA) is 78.7 Å². The predicted molar refractivity (Wildman–Crippen MR) is 105 cm³/mol. The molecule has 2 aromatic rings. The Hall–Kier alpha value is -2.93. The maximum atomic E-state index is 12.2. The van der Waals surface area contributed by atoms with E-state index >= 15 is 0 Å². The Labute approximate surface area is 158 Å². The Morgan fingerprint density at radius 3 is 2.56 bits per heavy atom. The highest BCUT2D eigenvalue weighted by Gasteiger charge is 2.20. The fourth-order valence-electron chi connectivity index (χ4n) is 3.30. The number of benzene rings is 2. The Bertz CT molecular complexity index is 816. The third kappa shape index (κ3) is 4.83. The zero-order valence-corrected chi connectivity index (χ0v) is 15.4. The van der Waals surface area contributed by atoms with Crippen molar-refractivity contribution in [2.24, 2.45) is 0 Å². The van der Waals surface area contributed by atoms with Gasteiger partial charge in [-0.2, -0.15) is 0 Å². The quantitative estimate of drug-likeness (QED) is 0.626. The minimum atomic E-state index is -0.528. The lowest BCUT2D eigenvalue weighted by molar-refractivity contribution is -0.385. The van der Waals surface area contributed by atoms with Crippen LogP contribution in [0, 0.1) is 17.0 Å². The SMILES string of the molecule is Cc1cccc(N2CCN(CCNC(=O)c3ccccc3[N+](=O)[O-])CC2)c1. The molecule has 0 bridgehead atoms. The minimum Gasteiger partial charge on any atom is -0.369 e. The van der Waals surface area contributed by atoms with Crippen molar-refractivity contribution in [3.05, 3.63) is 69.8 Å². The van der Waals surface area contributed by atoms with E-state index in [0.29, 0.717) is 6.54 Å². The van der Waals surface area contributed by atoms with Gasteiger partial charge in [0.1, 0.15) is 5.56 Å². The fraction of sp³-hybridized carbons (Fsp3) is 0.350. The van der Waals surface area contributed by atoms with Crippen molar-refractivity contribution < 1.29 is 9.72 Å². The van der Waals surface area contributed by atoms with Crippen LogP contribution in [0.25, 0.3) is 0 Å². The zero-order valence-electron chi connectivity index (χ0n) is 15.4. The number of rotatable bonds is 6. The first kappa shape index (κ1) is 18.8. The number of hydrogen-bond donors (Lipinski definition) is 1. The summed E-state index contributed by atoms with van der Waals surface area (Å²) in [5, 5.41) is 13.8. The number of piperazine rings is 1. The number of carbonyl (C=O) groups is 1. The molecule has 1 aliphatic rings. The van der Waals surface area contributed by atoms with E-state index in [1.54, 1.807) is 12.1 Å². The number of hydrogen-bond acceptors (Lipinski definition) is 5. The average molecular weight is 368 g/mol. The molecule has 7 nitrogen and oxygen atoms in total. The van der Waals surface area contributed by atoms with Crippen molar-refractivity contribution in [1.82, 2.24) is 10.2 Å². The van der Waals surface area contributed by atoms with E-state index in [-0.39, 0.29) is 11.3 Å². The Kier molecular flexibility index (Phi) is 6.03. The van der Waals surface area contributed by atoms with Crippen LogP contribution in [0.5, 0.6) is 0 Å². The molecule has 1 aliphatic heterocycles. The highest BCUT2D eigenvalue weighted by atomic mass is 16.6. The maximum Gasteiger partial charge on any atom is 0.282 e. The van der Waals surface area contributed by atoms with Crippen LogP contribution in [0.1, 0.15) is 15.9 Å². The molecule has 0 saturated carbocycles. The number of anilines is 1. The second-order valence-corrected chi connectivity index (χ2v) is 6.70. The summed E-state index contributed by atoms with van der Waals surface area (Å²) >= 11 is 0. The molecule has 1 heterocycles. The van der Waals surface area contributed by atoms with E-state index in [1.165, 1.54) is 23.4 Å². The van der Waals surface area contributed by atoms with Gasteiger partial charge in [-0.25, -0.2) is 0 Å². The monoisotopic (exact) mass is 368 g/mol. The molecule has 0 radical (unpaired) electrons. The van der Waals surface area contributed by atoms with Crippen LogP contribution in [0.4, 0.5) is 11.4 Å². The number of nitrogens with zero attached hydrogens (tertiary/aromatic N) is 3. The highest BCUT2D eigenvalue weighted by Crippen LogP contribution is 2.18. The maximum absolute atomic E-state index is 12.2. The average Bonchev–Trinajstić information content (AvgIpc) is 2.68. The van der Waals surface area contributed by atoms with Gasteiger partial charge in [0.15, 0.2) is 0 Å². The first-order valence-electron chi connectivity index (χ1n) is 9.10. The number of carbonyl (C=O) groups excluding carboxylic acids is 1. The lowest BCUT2D eigenvalue weighted by Gasteiger charge is -2.36. The first-order valence-corrected chi connectivity index (χ1v) is 9.10. The molecule has 0 aliphatic carbocycles. The molecular formula is C20H24N4O3. The van der Waals surface area contributed by atoms with Crippen molar-refractivity contribution >= 4 is 17.3 Å². The van der Waals surface area contributed by atoms with Crippen molar-refractivity contribution in [2.45, 2.75) is 6.92 Å². The van der Waals surface area contributed by atoms with Gasteiger partial charge >= 0.3 is 0 Å². The first-order chi connectivity index (χ1) is 13.0. The van der Waals surface area contributed by atoms with E-state index in [1.807, 2.05) is 0 Å². The Balaban J connectivity index is 1.46. The molecule has 3 rings (SSSR count). The van der Waals surface area contributed by atoms with Gasteiger partial charge in [0.25, 0.3) is 11.6 Å². The molecule has 2 aromatic carbocycles. The summed E-state index contributed by atoms with van der Waals surface area (Å²) in [6, 6.07) is 14.5. The van der Waals surface area contributed by atoms with Crippen LogP contribution in [0.15, 0.2) is 48.5 Å². The molecule has 7 heteroatoms. The van der Waals surface area contributed by atoms with E-state index < -0.39 is 10.8 Å². The van der Waals surface area contributed by atoms with Gasteiger partial charge in [-0.1, -0.05) is 24.3 Å². The summed E-state index contributed by atoms with van der Waals surface area (Å²) in [4.78, 5) is 27.4. The lowest BCUT2D eigenvalue weighted by Crippen LogP contribution is -2.48. The third-order valence-electron chi connectivity index (χ3n) is 4.80. The molecule has 27 heavy (non-hydrogen) atoms. The van der Waals surface area contributed by atoms with Gasteiger partial charge in [0.05, 0.1) is 4.92 Å². The highest BCUT2D eigenvalue weighted by molar-refractivity contribution is 5.98. The number of nitrogens with one attached hydrogen (secondary N) is 1. The second kappa shape index (κ2) is 8.64. The molecule has 1 N–H and O–H groups in total. The molecule has 0 atom stereocenters. The molecule has 142 valence electrons. The molecule has 0 aromatic heterocycles. The Morgan fingerprint density at radius 1 is 1.11 bits per heavy atom. The third-order valence-corrected chi connectivity index (χ3v) is 4.80. The molecule has 1 saturated heterocycles. The van der Waals surface area contributed by atoms with Gasteiger partial charge in [-0.3, -0.25) is 19.8 Å². The van der Waals surface area contributed by atoms with Crippen LogP contribution >= 0.6 is 0 Å². The fourth-order valence-corrected chi connectivity index (χ4v) is 3.30. The van der Waals surface area contributed by atoms with Gasteiger partial charge in [-0.15, -0.1) is 0 Å². The van der Waals surface area contributed by atoms with Gasteiger partial charge < -0.3 is 10.2 Å². The summed E-state index contributed by atoms with van der Waals surface area (Å²) < 4.78 is 0. The molecule has 1 amide bonds. The summed E-state index contributed by atoms with van der Waals surface area (Å²) in [5.74, 6) is -0.402. The lowest BCUT2D eigenvalue weighted by atomic mass is 10.1. The summed E-state index contributed by atoms with van der Waals surface area (Å²) in [7, 11) is 0. The minimum absolute atomic E-state index is 0.103. The summed E-state index contributed by atoms with van der Waals surface area (Å²) in [6.45, 7) is 7.04. The molecule has 0 unspecified atom stereocenters. The summed E-state index contributed by atoms with van der Waals surface area (Å²) in [5.41, 5.74) is 2.44. The number of nitro groups is 1. The predicted octanol–water partition coefficient (Wildman–Crippen LogP) is 2.46. The normalized spacial score (nSPS) is 14.8. The van der Waals surface area contributed by atoms with Crippen molar-refractivity contribution in [3.8, 4) is 0 Å². The van der Waals surface area contributed by atoms with E-state index in [4.69, 9.17) is 0 Å². The largest absolute Gasteiger partial charge is 0.369 e. The van der Waals surface area contributed by atoms with Crippen LogP contribution < -0.4 is 10.2 Å². The van der Waals surface area contributed by atoms with Crippen LogP contribution in [0.3, 0.4) is 0 Å². The van der Waals surface area contributed by atoms with Crippen molar-refractivity contribution in [2.75, 3.05) is 44.2 Å². The second-order valence-electron chi connectivity index (χ2n) is 6.70. The molecule has 0 spiro atoms. The van der Waals surface area contributed by atoms with Crippen molar-refractivity contribution in [1.29, 1.82) is 0 Å². The number of nitro benzene ring substituents is 1. The standard InChI is InChI=1S/C20H24N4O3/c1-16-5-4-6-17(15-16)23-13-11-22(12-14-23)10-9-21-20(25)18-7-2-3-8-19(18)24(26)27/h2-8,15H,9-14H2,1H3,(H,21,25). The summed E-state index contributed by atoms with van der Waals surface area (Å²) in [6.07, 6.45) is 0. The molecular weight excluding hydrogens is 344 g/mol. The van der Waals surface area contributed by atoms with Crippen LogP contribution in [0.2, 0.25) is 0 Å². The van der Waals surface area contributed by atoms with Crippen LogP contribution in [-0.4, -0.2) is 55.0 Å². The van der Waals surface area contributed by atoms with E-state index in [2.05, 4.69) is 46.3 Å². The van der Waals surface area contributed by atoms with Gasteiger partial charge in [0.2, 0.25) is 0 Å². The van der Waals surface area contributed by atoms with E-state index in [9.17, 15) is 14.9 Å². The number of aryl methyl sites for hydroxylation is 1.